The average Bonchev–Trinajstić information content (AvgIpc) is 3.19. The molecule has 0 saturated carbocycles. The van der Waals surface area contributed by atoms with Crippen LogP contribution in [-0.2, 0) is 14.3 Å². The Morgan fingerprint density at radius 3 is 2.56 bits per heavy atom. The zero-order chi connectivity index (χ0) is 29.1. The summed E-state index contributed by atoms with van der Waals surface area (Å²) in [6.07, 6.45) is 5.19. The number of rotatable bonds is 5. The molecule has 3 N–H and O–H groups in total. The minimum atomic E-state index is -1.27. The molecular weight excluding hydrogens is 520 g/mol. The number of aliphatic hydroxyl groups is 3. The van der Waals surface area contributed by atoms with Gasteiger partial charge in [0.05, 0.1) is 30.7 Å². The number of carbonyl (C=O) groups excluding carboxylic acids is 2. The third-order valence-electron chi connectivity index (χ3n) is 8.97. The molecule has 10 heteroatoms. The number of aromatic nitrogens is 1. The molecule has 2 aliphatic heterocycles. The summed E-state index contributed by atoms with van der Waals surface area (Å²) in [5.41, 5.74) is -0.00513. The van der Waals surface area contributed by atoms with Crippen molar-refractivity contribution in [2.75, 3.05) is 19.4 Å². The fraction of sp³-hybridized carbons (Fsp3) is 0.759. The molecule has 0 aliphatic carbocycles. The predicted molar refractivity (Wildman–Crippen MR) is 150 cm³/mol. The molecule has 0 radical (unpaired) electrons. The van der Waals surface area contributed by atoms with Crippen LogP contribution in [0.15, 0.2) is 21.5 Å². The molecule has 3 heterocycles. The van der Waals surface area contributed by atoms with Crippen molar-refractivity contribution in [3.63, 3.8) is 0 Å². The Morgan fingerprint density at radius 1 is 1.26 bits per heavy atom. The maximum atomic E-state index is 13.3. The van der Waals surface area contributed by atoms with Gasteiger partial charge in [-0.2, -0.15) is 0 Å². The first-order valence-electron chi connectivity index (χ1n) is 13.9. The molecular formula is C29H46N2O7S. The number of hydrogen-bond donors (Lipinski definition) is 3. The standard InChI is InChI=1S/C29H46N2O7S/c1-17-9-8-10-29(6)22(31(29)11-12-32)14-21(18(2)13-20-16-37-27(30-20)39-7)38-24(34)15-23(33)28(4,5)26(36)19(3)25(17)35/h13,16-17,19,21-23,25,32-33,35H,8-12,14-15H2,1-7H3/b18-13+/t17-,19+,21-,22-,23-,25-,29+,31?/m0/s1. The van der Waals surface area contributed by atoms with Crippen molar-refractivity contribution in [1.82, 2.24) is 9.88 Å². The Bertz CT molecular complexity index is 1040. The number of ketones is 1. The number of fused-ring (bicyclic) bond motifs is 1. The highest BCUT2D eigenvalue weighted by Crippen LogP contribution is 2.48. The fourth-order valence-electron chi connectivity index (χ4n) is 6.05. The molecule has 9 nitrogen and oxygen atoms in total. The van der Waals surface area contributed by atoms with E-state index in [1.807, 2.05) is 26.2 Å². The molecule has 220 valence electrons. The molecule has 8 atom stereocenters. The van der Waals surface area contributed by atoms with Gasteiger partial charge < -0.3 is 24.5 Å². The topological polar surface area (TPSA) is 133 Å². The summed E-state index contributed by atoms with van der Waals surface area (Å²) in [5.74, 6) is -1.67. The zero-order valence-corrected chi connectivity index (χ0v) is 25.2. The summed E-state index contributed by atoms with van der Waals surface area (Å²) in [6, 6.07) is 0.0832. The number of ether oxygens (including phenoxy) is 1. The Balaban J connectivity index is 1.93. The highest BCUT2D eigenvalue weighted by atomic mass is 32.2. The largest absolute Gasteiger partial charge is 0.458 e. The van der Waals surface area contributed by atoms with E-state index in [9.17, 15) is 24.9 Å². The molecule has 0 aromatic carbocycles. The molecule has 0 amide bonds. The van der Waals surface area contributed by atoms with Crippen LogP contribution in [0.25, 0.3) is 6.08 Å². The molecule has 0 bridgehead atoms. The summed E-state index contributed by atoms with van der Waals surface area (Å²) < 4.78 is 11.4. The van der Waals surface area contributed by atoms with Crippen molar-refractivity contribution in [1.29, 1.82) is 0 Å². The van der Waals surface area contributed by atoms with Gasteiger partial charge in [-0.25, -0.2) is 4.98 Å². The van der Waals surface area contributed by atoms with Crippen LogP contribution in [0.1, 0.15) is 79.3 Å². The SMILES string of the molecule is CSc1nc(/C=C(\C)[C@@H]2C[C@@H]3N(CCO)[C@]3(C)CCC[C@H](C)[C@H](O)[C@@H](C)C(=O)C(C)(C)[C@@H](O)CC(=O)O2)co1. The van der Waals surface area contributed by atoms with E-state index in [-0.39, 0.29) is 36.3 Å². The molecule has 0 spiro atoms. The first-order valence-corrected chi connectivity index (χ1v) is 15.1. The van der Waals surface area contributed by atoms with E-state index < -0.39 is 35.6 Å². The number of hydrogen-bond acceptors (Lipinski definition) is 10. The van der Waals surface area contributed by atoms with Crippen molar-refractivity contribution in [2.45, 2.75) is 109 Å². The molecule has 39 heavy (non-hydrogen) atoms. The van der Waals surface area contributed by atoms with Gasteiger partial charge in [0.1, 0.15) is 23.8 Å². The maximum Gasteiger partial charge on any atom is 0.309 e. The number of cyclic esters (lactones) is 1. The number of aliphatic hydroxyl groups excluding tert-OH is 3. The van der Waals surface area contributed by atoms with Crippen LogP contribution in [0, 0.1) is 17.3 Å². The van der Waals surface area contributed by atoms with Crippen molar-refractivity contribution < 1.29 is 34.1 Å². The minimum Gasteiger partial charge on any atom is -0.458 e. The normalized spacial score (nSPS) is 36.8. The summed E-state index contributed by atoms with van der Waals surface area (Å²) >= 11 is 1.39. The Hall–Kier alpha value is -1.72. The van der Waals surface area contributed by atoms with E-state index in [2.05, 4.69) is 16.8 Å². The lowest BCUT2D eigenvalue weighted by Crippen LogP contribution is -2.45. The van der Waals surface area contributed by atoms with Gasteiger partial charge in [-0.1, -0.05) is 45.9 Å². The number of oxazole rings is 1. The number of esters is 1. The molecule has 2 fully saturated rings. The van der Waals surface area contributed by atoms with Gasteiger partial charge in [0.2, 0.25) is 0 Å². The monoisotopic (exact) mass is 566 g/mol. The van der Waals surface area contributed by atoms with Gasteiger partial charge in [-0.15, -0.1) is 0 Å². The molecule has 1 unspecified atom stereocenters. The van der Waals surface area contributed by atoms with Crippen molar-refractivity contribution in [2.24, 2.45) is 17.3 Å². The van der Waals surface area contributed by atoms with Gasteiger partial charge in [-0.05, 0) is 50.5 Å². The lowest BCUT2D eigenvalue weighted by molar-refractivity contribution is -0.154. The van der Waals surface area contributed by atoms with Crippen molar-refractivity contribution in [3.05, 3.63) is 17.5 Å². The number of carbonyl (C=O) groups is 2. The lowest BCUT2D eigenvalue weighted by Gasteiger charge is -2.34. The molecule has 2 saturated heterocycles. The minimum absolute atomic E-state index is 0.0256. The van der Waals surface area contributed by atoms with Gasteiger partial charge in [0, 0.05) is 30.5 Å². The number of thioether (sulfide) groups is 1. The van der Waals surface area contributed by atoms with Crippen molar-refractivity contribution >= 4 is 29.6 Å². The molecule has 1 aromatic rings. The van der Waals surface area contributed by atoms with Gasteiger partial charge in [0.25, 0.3) is 5.22 Å². The van der Waals surface area contributed by atoms with E-state index >= 15 is 0 Å². The second-order valence-corrected chi connectivity index (χ2v) is 12.8. The van der Waals surface area contributed by atoms with E-state index in [1.165, 1.54) is 11.8 Å². The summed E-state index contributed by atoms with van der Waals surface area (Å²) in [4.78, 5) is 33.1. The average molecular weight is 567 g/mol. The number of nitrogens with zero attached hydrogens (tertiary/aromatic N) is 2. The first kappa shape index (κ1) is 31.8. The summed E-state index contributed by atoms with van der Waals surface area (Å²) in [6.45, 7) is 11.5. The highest BCUT2D eigenvalue weighted by Gasteiger charge is 2.58. The maximum absolute atomic E-state index is 13.3. The third-order valence-corrected chi connectivity index (χ3v) is 9.51. The second-order valence-electron chi connectivity index (χ2n) is 12.1. The quantitative estimate of drug-likeness (QED) is 0.275. The number of β-amino-alcohol motifs (C(OH)–C–C–N with tert-alkyl or cyclic N) is 1. The first-order chi connectivity index (χ1) is 18.3. The van der Waals surface area contributed by atoms with E-state index in [1.54, 1.807) is 27.0 Å². The second kappa shape index (κ2) is 12.9. The van der Waals surface area contributed by atoms with Crippen LogP contribution in [0.5, 0.6) is 0 Å². The summed E-state index contributed by atoms with van der Waals surface area (Å²) in [5, 5.41) is 32.2. The zero-order valence-electron chi connectivity index (χ0n) is 24.3. The Morgan fingerprint density at radius 2 is 1.95 bits per heavy atom. The van der Waals surface area contributed by atoms with E-state index in [0.717, 1.165) is 24.8 Å². The van der Waals surface area contributed by atoms with Crippen LogP contribution in [0.4, 0.5) is 0 Å². The van der Waals surface area contributed by atoms with Crippen LogP contribution >= 0.6 is 11.8 Å². The predicted octanol–water partition coefficient (Wildman–Crippen LogP) is 3.70. The Labute approximate surface area is 236 Å². The van der Waals surface area contributed by atoms with Gasteiger partial charge in [-0.3, -0.25) is 14.5 Å². The van der Waals surface area contributed by atoms with Crippen LogP contribution in [0.2, 0.25) is 0 Å². The van der Waals surface area contributed by atoms with Crippen LogP contribution in [0.3, 0.4) is 0 Å². The Kier molecular flexibility index (Phi) is 10.5. The fourth-order valence-corrected chi connectivity index (χ4v) is 6.39. The van der Waals surface area contributed by atoms with E-state index in [4.69, 9.17) is 9.15 Å². The molecule has 1 aromatic heterocycles. The van der Waals surface area contributed by atoms with Gasteiger partial charge in [0.15, 0.2) is 0 Å². The van der Waals surface area contributed by atoms with Crippen LogP contribution < -0.4 is 0 Å². The van der Waals surface area contributed by atoms with E-state index in [0.29, 0.717) is 23.9 Å². The molecule has 3 rings (SSSR count). The van der Waals surface area contributed by atoms with Crippen LogP contribution in [-0.4, -0.2) is 86.3 Å². The van der Waals surface area contributed by atoms with Crippen molar-refractivity contribution in [3.8, 4) is 0 Å². The smallest absolute Gasteiger partial charge is 0.309 e. The number of Topliss-reactive ketones (excluding diaryl/α,β-unsaturated/α-hetero) is 1. The third kappa shape index (κ3) is 7.14. The lowest BCUT2D eigenvalue weighted by atomic mass is 9.73. The summed E-state index contributed by atoms with van der Waals surface area (Å²) in [7, 11) is 0. The highest BCUT2D eigenvalue weighted by molar-refractivity contribution is 7.98. The van der Waals surface area contributed by atoms with Gasteiger partial charge >= 0.3 is 5.97 Å². The molecule has 2 aliphatic rings.